The zero-order chi connectivity index (χ0) is 13.5. The molecule has 3 nitrogen and oxygen atoms in total. The second-order valence-corrected chi connectivity index (χ2v) is 5.48. The van der Waals surface area contributed by atoms with Crippen molar-refractivity contribution in [1.82, 2.24) is 5.32 Å². The Kier molecular flexibility index (Phi) is 5.12. The third-order valence-corrected chi connectivity index (χ3v) is 3.61. The van der Waals surface area contributed by atoms with Gasteiger partial charge in [0.05, 0.1) is 7.05 Å². The van der Waals surface area contributed by atoms with E-state index in [4.69, 9.17) is 0 Å². The molecule has 100 valence electrons. The lowest BCUT2D eigenvalue weighted by molar-refractivity contribution is -0.885. The van der Waals surface area contributed by atoms with Crippen LogP contribution in [-0.2, 0) is 17.9 Å². The zero-order valence-corrected chi connectivity index (χ0v) is 11.9. The van der Waals surface area contributed by atoms with Crippen LogP contribution in [0.5, 0.6) is 0 Å². The molecule has 1 heterocycles. The quantitative estimate of drug-likeness (QED) is 0.813. The summed E-state index contributed by atoms with van der Waals surface area (Å²) >= 11 is 1.69. The maximum absolute atomic E-state index is 11.8. The molecule has 4 heteroatoms. The summed E-state index contributed by atoms with van der Waals surface area (Å²) in [4.78, 5) is 13.0. The van der Waals surface area contributed by atoms with Crippen LogP contribution in [0.4, 0.5) is 0 Å². The first-order chi connectivity index (χ1) is 9.24. The van der Waals surface area contributed by atoms with Gasteiger partial charge in [-0.05, 0) is 22.4 Å². The summed E-state index contributed by atoms with van der Waals surface area (Å²) in [6.07, 6.45) is 0. The van der Waals surface area contributed by atoms with Crippen molar-refractivity contribution >= 4 is 17.2 Å². The van der Waals surface area contributed by atoms with E-state index >= 15 is 0 Å². The summed E-state index contributed by atoms with van der Waals surface area (Å²) in [5.41, 5.74) is 2.42. The van der Waals surface area contributed by atoms with E-state index in [0.29, 0.717) is 13.1 Å². The zero-order valence-electron chi connectivity index (χ0n) is 11.1. The molecule has 0 saturated carbocycles. The Morgan fingerprint density at radius 3 is 2.68 bits per heavy atom. The summed E-state index contributed by atoms with van der Waals surface area (Å²) in [5, 5.41) is 7.15. The van der Waals surface area contributed by atoms with Gasteiger partial charge in [0, 0.05) is 12.1 Å². The third-order valence-electron chi connectivity index (χ3n) is 2.88. The molecule has 2 N–H and O–H groups in total. The lowest BCUT2D eigenvalue weighted by Crippen LogP contribution is -3.08. The van der Waals surface area contributed by atoms with Gasteiger partial charge in [-0.15, -0.1) is 0 Å². The number of rotatable bonds is 6. The van der Waals surface area contributed by atoms with Gasteiger partial charge < -0.3 is 10.2 Å². The highest BCUT2D eigenvalue weighted by Gasteiger charge is 2.10. The fourth-order valence-corrected chi connectivity index (χ4v) is 2.61. The van der Waals surface area contributed by atoms with Gasteiger partial charge in [-0.25, -0.2) is 0 Å². The van der Waals surface area contributed by atoms with Gasteiger partial charge in [-0.1, -0.05) is 30.3 Å². The van der Waals surface area contributed by atoms with Crippen molar-refractivity contribution in [2.24, 2.45) is 0 Å². The molecule has 1 atom stereocenters. The second-order valence-electron chi connectivity index (χ2n) is 4.70. The fraction of sp³-hybridized carbons (Fsp3) is 0.267. The van der Waals surface area contributed by atoms with Crippen LogP contribution in [0.2, 0.25) is 0 Å². The Labute approximate surface area is 117 Å². The Morgan fingerprint density at radius 2 is 2.00 bits per heavy atom. The summed E-state index contributed by atoms with van der Waals surface area (Å²) in [5.74, 6) is 0.0941. The van der Waals surface area contributed by atoms with E-state index in [0.717, 1.165) is 12.1 Å². The van der Waals surface area contributed by atoms with Crippen molar-refractivity contribution in [3.63, 3.8) is 0 Å². The normalized spacial score (nSPS) is 12.1. The van der Waals surface area contributed by atoms with E-state index in [9.17, 15) is 4.79 Å². The number of hydrogen-bond donors (Lipinski definition) is 2. The van der Waals surface area contributed by atoms with Crippen molar-refractivity contribution in [3.8, 4) is 0 Å². The molecule has 19 heavy (non-hydrogen) atoms. The van der Waals surface area contributed by atoms with E-state index in [1.54, 1.807) is 11.3 Å². The molecule has 2 aromatic rings. The van der Waals surface area contributed by atoms with Crippen LogP contribution in [0.1, 0.15) is 11.1 Å². The Hall–Kier alpha value is -1.65. The van der Waals surface area contributed by atoms with Gasteiger partial charge in [0.25, 0.3) is 5.91 Å². The molecular formula is C15H19N2OS+. The molecular weight excluding hydrogens is 256 g/mol. The molecule has 0 radical (unpaired) electrons. The highest BCUT2D eigenvalue weighted by atomic mass is 32.1. The number of carbonyl (C=O) groups is 1. The first kappa shape index (κ1) is 13.8. The van der Waals surface area contributed by atoms with Gasteiger partial charge >= 0.3 is 0 Å². The molecule has 0 aliphatic heterocycles. The topological polar surface area (TPSA) is 33.5 Å². The van der Waals surface area contributed by atoms with Gasteiger partial charge in [0.2, 0.25) is 0 Å². The van der Waals surface area contributed by atoms with Crippen molar-refractivity contribution < 1.29 is 9.69 Å². The summed E-state index contributed by atoms with van der Waals surface area (Å²) in [6.45, 7) is 2.00. The van der Waals surface area contributed by atoms with E-state index in [1.165, 1.54) is 10.5 Å². The average Bonchev–Trinajstić information content (AvgIpc) is 2.90. The highest BCUT2D eigenvalue weighted by Crippen LogP contribution is 2.03. The number of hydrogen-bond acceptors (Lipinski definition) is 2. The van der Waals surface area contributed by atoms with Crippen LogP contribution in [0.15, 0.2) is 47.2 Å². The molecule has 0 aliphatic rings. The lowest BCUT2D eigenvalue weighted by atomic mass is 10.2. The minimum absolute atomic E-state index is 0.0941. The first-order valence-electron chi connectivity index (χ1n) is 6.37. The Balaban J connectivity index is 1.72. The predicted molar refractivity (Wildman–Crippen MR) is 78.1 cm³/mol. The number of nitrogens with one attached hydrogen (secondary N) is 2. The van der Waals surface area contributed by atoms with Gasteiger partial charge in [-0.3, -0.25) is 4.79 Å². The Morgan fingerprint density at radius 1 is 1.21 bits per heavy atom. The molecule has 0 aliphatic carbocycles. The molecule has 0 spiro atoms. The van der Waals surface area contributed by atoms with Crippen LogP contribution in [0.25, 0.3) is 0 Å². The standard InChI is InChI=1S/C15H18N2OS/c1-17(10-14-7-8-19-12-14)11-15(18)16-9-13-5-3-2-4-6-13/h2-8,12H,9-11H2,1H3,(H,16,18)/p+1. The van der Waals surface area contributed by atoms with Crippen molar-refractivity contribution in [3.05, 3.63) is 58.3 Å². The maximum atomic E-state index is 11.8. The van der Waals surface area contributed by atoms with E-state index in [-0.39, 0.29) is 5.91 Å². The smallest absolute Gasteiger partial charge is 0.275 e. The summed E-state index contributed by atoms with van der Waals surface area (Å²) < 4.78 is 0. The number of benzene rings is 1. The number of amides is 1. The fourth-order valence-electron chi connectivity index (χ4n) is 1.94. The minimum Gasteiger partial charge on any atom is -0.347 e. The first-order valence-corrected chi connectivity index (χ1v) is 7.31. The molecule has 0 bridgehead atoms. The molecule has 1 unspecified atom stereocenters. The van der Waals surface area contributed by atoms with E-state index in [2.05, 4.69) is 22.1 Å². The average molecular weight is 275 g/mol. The van der Waals surface area contributed by atoms with E-state index < -0.39 is 0 Å². The van der Waals surface area contributed by atoms with Gasteiger partial charge in [0.1, 0.15) is 6.54 Å². The number of likely N-dealkylation sites (N-methyl/N-ethyl adjacent to an activating group) is 1. The SMILES string of the molecule is C[NH+](CC(=O)NCc1ccccc1)Cc1ccsc1. The molecule has 1 aromatic carbocycles. The predicted octanol–water partition coefficient (Wildman–Crippen LogP) is 1.08. The Bertz CT molecular complexity index is 496. The maximum Gasteiger partial charge on any atom is 0.275 e. The summed E-state index contributed by atoms with van der Waals surface area (Å²) in [6, 6.07) is 12.1. The van der Waals surface area contributed by atoms with Crippen LogP contribution >= 0.6 is 11.3 Å². The van der Waals surface area contributed by atoms with Crippen molar-refractivity contribution in [2.45, 2.75) is 13.1 Å². The van der Waals surface area contributed by atoms with Crippen LogP contribution < -0.4 is 10.2 Å². The largest absolute Gasteiger partial charge is 0.347 e. The molecule has 0 saturated heterocycles. The minimum atomic E-state index is 0.0941. The highest BCUT2D eigenvalue weighted by molar-refractivity contribution is 7.07. The van der Waals surface area contributed by atoms with Crippen LogP contribution in [0, 0.1) is 0 Å². The molecule has 1 aromatic heterocycles. The summed E-state index contributed by atoms with van der Waals surface area (Å²) in [7, 11) is 2.04. The van der Waals surface area contributed by atoms with Gasteiger partial charge in [-0.2, -0.15) is 11.3 Å². The van der Waals surface area contributed by atoms with E-state index in [1.807, 2.05) is 37.4 Å². The molecule has 2 rings (SSSR count). The van der Waals surface area contributed by atoms with Crippen molar-refractivity contribution in [2.75, 3.05) is 13.6 Å². The lowest BCUT2D eigenvalue weighted by Gasteiger charge is -2.13. The third kappa shape index (κ3) is 4.85. The number of carbonyl (C=O) groups excluding carboxylic acids is 1. The number of quaternary nitrogens is 1. The van der Waals surface area contributed by atoms with Crippen LogP contribution in [-0.4, -0.2) is 19.5 Å². The molecule has 0 fully saturated rings. The van der Waals surface area contributed by atoms with Gasteiger partial charge in [0.15, 0.2) is 6.54 Å². The number of thiophene rings is 1. The van der Waals surface area contributed by atoms with Crippen LogP contribution in [0.3, 0.4) is 0 Å². The monoisotopic (exact) mass is 275 g/mol. The van der Waals surface area contributed by atoms with Crippen molar-refractivity contribution in [1.29, 1.82) is 0 Å². The second kappa shape index (κ2) is 7.07. The molecule has 1 amide bonds.